The Labute approximate surface area is 123 Å². The standard InChI is InChI=1S/C17H17N3O/c1-13-5-6-14(2)20(13)18-17(21)15-7-9-16(10-8-15)19-11-3-4-12-19/h3-12H,1-2H3,(H,18,21). The molecule has 4 nitrogen and oxygen atoms in total. The molecule has 0 spiro atoms. The van der Waals surface area contributed by atoms with Gasteiger partial charge in [0.1, 0.15) is 0 Å². The van der Waals surface area contributed by atoms with Gasteiger partial charge in [0, 0.05) is 35.0 Å². The molecular formula is C17H17N3O. The first kappa shape index (κ1) is 13.2. The predicted octanol–water partition coefficient (Wildman–Crippen LogP) is 3.28. The lowest BCUT2D eigenvalue weighted by Gasteiger charge is -2.11. The van der Waals surface area contributed by atoms with Crippen LogP contribution in [0.2, 0.25) is 0 Å². The molecule has 0 saturated heterocycles. The molecule has 0 fully saturated rings. The third kappa shape index (κ3) is 2.60. The van der Waals surface area contributed by atoms with E-state index in [-0.39, 0.29) is 5.91 Å². The molecule has 1 amide bonds. The van der Waals surface area contributed by atoms with E-state index in [1.165, 1.54) is 0 Å². The molecule has 3 rings (SSSR count). The van der Waals surface area contributed by atoms with Crippen LogP contribution >= 0.6 is 0 Å². The van der Waals surface area contributed by atoms with Gasteiger partial charge in [-0.25, -0.2) is 0 Å². The molecule has 106 valence electrons. The van der Waals surface area contributed by atoms with Gasteiger partial charge in [-0.3, -0.25) is 14.9 Å². The Hall–Kier alpha value is -2.75. The van der Waals surface area contributed by atoms with Crippen LogP contribution in [0.5, 0.6) is 0 Å². The summed E-state index contributed by atoms with van der Waals surface area (Å²) >= 11 is 0. The summed E-state index contributed by atoms with van der Waals surface area (Å²) in [5.41, 5.74) is 6.58. The second-order valence-corrected chi connectivity index (χ2v) is 5.03. The van der Waals surface area contributed by atoms with Crippen LogP contribution in [0.4, 0.5) is 0 Å². The first-order valence-corrected chi connectivity index (χ1v) is 6.85. The van der Waals surface area contributed by atoms with Gasteiger partial charge in [0.15, 0.2) is 0 Å². The van der Waals surface area contributed by atoms with Crippen LogP contribution in [0.15, 0.2) is 60.9 Å². The fraction of sp³-hybridized carbons (Fsp3) is 0.118. The molecule has 0 aliphatic heterocycles. The molecule has 2 aromatic heterocycles. The van der Waals surface area contributed by atoms with E-state index in [2.05, 4.69) is 5.43 Å². The lowest BCUT2D eigenvalue weighted by molar-refractivity contribution is 0.101. The smallest absolute Gasteiger partial charge is 0.270 e. The summed E-state index contributed by atoms with van der Waals surface area (Å²) < 4.78 is 3.80. The molecule has 0 radical (unpaired) electrons. The summed E-state index contributed by atoms with van der Waals surface area (Å²) in [6, 6.07) is 15.4. The van der Waals surface area contributed by atoms with Crippen LogP contribution in [-0.4, -0.2) is 15.2 Å². The zero-order valence-corrected chi connectivity index (χ0v) is 12.1. The van der Waals surface area contributed by atoms with Crippen LogP contribution < -0.4 is 5.43 Å². The highest BCUT2D eigenvalue weighted by Crippen LogP contribution is 2.11. The molecule has 0 bridgehead atoms. The van der Waals surface area contributed by atoms with Crippen LogP contribution in [0.25, 0.3) is 5.69 Å². The third-order valence-corrected chi connectivity index (χ3v) is 3.52. The SMILES string of the molecule is Cc1ccc(C)n1NC(=O)c1ccc(-n2cccc2)cc1. The fourth-order valence-electron chi connectivity index (χ4n) is 2.30. The van der Waals surface area contributed by atoms with Gasteiger partial charge in [0.05, 0.1) is 0 Å². The second kappa shape index (κ2) is 5.32. The molecule has 0 saturated carbocycles. The molecule has 2 heterocycles. The van der Waals surface area contributed by atoms with E-state index >= 15 is 0 Å². The molecular weight excluding hydrogens is 262 g/mol. The van der Waals surface area contributed by atoms with Crippen molar-refractivity contribution >= 4 is 5.91 Å². The van der Waals surface area contributed by atoms with E-state index in [1.54, 1.807) is 4.68 Å². The van der Waals surface area contributed by atoms with Crippen molar-refractivity contribution in [2.24, 2.45) is 0 Å². The van der Waals surface area contributed by atoms with Gasteiger partial charge in [-0.05, 0) is 62.4 Å². The normalized spacial score (nSPS) is 10.6. The van der Waals surface area contributed by atoms with Crippen molar-refractivity contribution in [3.05, 3.63) is 77.9 Å². The van der Waals surface area contributed by atoms with Crippen molar-refractivity contribution in [1.29, 1.82) is 0 Å². The average molecular weight is 279 g/mol. The van der Waals surface area contributed by atoms with Gasteiger partial charge in [-0.15, -0.1) is 0 Å². The zero-order chi connectivity index (χ0) is 14.8. The Morgan fingerprint density at radius 2 is 1.48 bits per heavy atom. The number of amides is 1. The van der Waals surface area contributed by atoms with E-state index in [9.17, 15) is 4.79 Å². The predicted molar refractivity (Wildman–Crippen MR) is 83.4 cm³/mol. The molecule has 0 atom stereocenters. The summed E-state index contributed by atoms with van der Waals surface area (Å²) in [7, 11) is 0. The summed E-state index contributed by atoms with van der Waals surface area (Å²) in [4.78, 5) is 12.3. The Balaban J connectivity index is 1.79. The molecule has 21 heavy (non-hydrogen) atoms. The number of hydrogen-bond donors (Lipinski definition) is 1. The number of rotatable bonds is 3. The Bertz CT molecular complexity index is 732. The summed E-state index contributed by atoms with van der Waals surface area (Å²) in [6.07, 6.45) is 3.95. The van der Waals surface area contributed by atoms with Crippen molar-refractivity contribution < 1.29 is 4.79 Å². The van der Waals surface area contributed by atoms with Gasteiger partial charge < -0.3 is 4.57 Å². The van der Waals surface area contributed by atoms with Crippen LogP contribution in [0.1, 0.15) is 21.7 Å². The highest BCUT2D eigenvalue weighted by Gasteiger charge is 2.08. The molecule has 1 aromatic carbocycles. The lowest BCUT2D eigenvalue weighted by Crippen LogP contribution is -2.24. The van der Waals surface area contributed by atoms with Crippen LogP contribution in [-0.2, 0) is 0 Å². The quantitative estimate of drug-likeness (QED) is 0.785. The van der Waals surface area contributed by atoms with Crippen molar-refractivity contribution in [2.45, 2.75) is 13.8 Å². The fourth-order valence-corrected chi connectivity index (χ4v) is 2.30. The average Bonchev–Trinajstić information content (AvgIpc) is 3.13. The molecule has 0 aliphatic rings. The van der Waals surface area contributed by atoms with Gasteiger partial charge in [-0.2, -0.15) is 0 Å². The van der Waals surface area contributed by atoms with E-state index in [4.69, 9.17) is 0 Å². The minimum absolute atomic E-state index is 0.114. The molecule has 0 unspecified atom stereocenters. The van der Waals surface area contributed by atoms with E-state index in [1.807, 2.05) is 79.3 Å². The number of nitrogens with one attached hydrogen (secondary N) is 1. The largest absolute Gasteiger partial charge is 0.324 e. The number of aromatic nitrogens is 2. The second-order valence-electron chi connectivity index (χ2n) is 5.03. The van der Waals surface area contributed by atoms with Crippen molar-refractivity contribution in [3.8, 4) is 5.69 Å². The number of nitrogens with zero attached hydrogens (tertiary/aromatic N) is 2. The Morgan fingerprint density at radius 3 is 2.05 bits per heavy atom. The summed E-state index contributed by atoms with van der Waals surface area (Å²) in [6.45, 7) is 3.92. The van der Waals surface area contributed by atoms with Gasteiger partial charge in [-0.1, -0.05) is 0 Å². The van der Waals surface area contributed by atoms with E-state index in [0.29, 0.717) is 5.56 Å². The number of benzene rings is 1. The summed E-state index contributed by atoms with van der Waals surface area (Å²) in [5.74, 6) is -0.114. The van der Waals surface area contributed by atoms with Gasteiger partial charge in [0.25, 0.3) is 5.91 Å². The van der Waals surface area contributed by atoms with Gasteiger partial charge in [0.2, 0.25) is 0 Å². The summed E-state index contributed by atoms with van der Waals surface area (Å²) in [5, 5.41) is 0. The van der Waals surface area contributed by atoms with E-state index < -0.39 is 0 Å². The topological polar surface area (TPSA) is 39.0 Å². The maximum absolute atomic E-state index is 12.3. The molecule has 0 aliphatic carbocycles. The minimum atomic E-state index is -0.114. The zero-order valence-electron chi connectivity index (χ0n) is 12.1. The van der Waals surface area contributed by atoms with Crippen LogP contribution in [0, 0.1) is 13.8 Å². The number of aryl methyl sites for hydroxylation is 2. The first-order chi connectivity index (χ1) is 10.1. The number of carbonyl (C=O) groups is 1. The highest BCUT2D eigenvalue weighted by atomic mass is 16.2. The first-order valence-electron chi connectivity index (χ1n) is 6.85. The maximum Gasteiger partial charge on any atom is 0.270 e. The van der Waals surface area contributed by atoms with Gasteiger partial charge >= 0.3 is 0 Å². The number of hydrogen-bond acceptors (Lipinski definition) is 1. The minimum Gasteiger partial charge on any atom is -0.324 e. The van der Waals surface area contributed by atoms with Crippen LogP contribution in [0.3, 0.4) is 0 Å². The van der Waals surface area contributed by atoms with Crippen molar-refractivity contribution in [1.82, 2.24) is 9.24 Å². The Morgan fingerprint density at radius 1 is 0.905 bits per heavy atom. The monoisotopic (exact) mass is 279 g/mol. The van der Waals surface area contributed by atoms with E-state index in [0.717, 1.165) is 17.1 Å². The van der Waals surface area contributed by atoms with Crippen molar-refractivity contribution in [3.63, 3.8) is 0 Å². The Kier molecular flexibility index (Phi) is 3.36. The highest BCUT2D eigenvalue weighted by molar-refractivity contribution is 6.00. The number of carbonyl (C=O) groups excluding carboxylic acids is 1. The maximum atomic E-state index is 12.3. The molecule has 4 heteroatoms. The molecule has 3 aromatic rings. The molecule has 1 N–H and O–H groups in total. The third-order valence-electron chi connectivity index (χ3n) is 3.52. The lowest BCUT2D eigenvalue weighted by atomic mass is 10.2. The van der Waals surface area contributed by atoms with Crippen molar-refractivity contribution in [2.75, 3.05) is 5.43 Å².